The molecule has 2 unspecified atom stereocenters. The summed E-state index contributed by atoms with van der Waals surface area (Å²) in [4.78, 5) is 12.9. The molecule has 2 atom stereocenters. The van der Waals surface area contributed by atoms with Crippen LogP contribution >= 0.6 is 0 Å². The fraction of sp³-hybridized carbons (Fsp3) is 0.950. The first kappa shape index (κ1) is 19.5. The SMILES string of the molecule is CCCCCCCOC(=O)C1(C(C)C)CCCCC1C(C)C. The number of carbonyl (C=O) groups excluding carboxylic acids is 1. The zero-order chi connectivity index (χ0) is 16.6. The van der Waals surface area contributed by atoms with E-state index >= 15 is 0 Å². The molecule has 0 amide bonds. The van der Waals surface area contributed by atoms with Crippen molar-refractivity contribution in [3.05, 3.63) is 0 Å². The second-order valence-electron chi connectivity index (χ2n) is 7.84. The number of unbranched alkanes of at least 4 members (excludes halogenated alkanes) is 4. The molecule has 1 rings (SSSR count). The largest absolute Gasteiger partial charge is 0.465 e. The van der Waals surface area contributed by atoms with Gasteiger partial charge in [-0.2, -0.15) is 0 Å². The summed E-state index contributed by atoms with van der Waals surface area (Å²) in [7, 11) is 0. The van der Waals surface area contributed by atoms with Gasteiger partial charge in [0.05, 0.1) is 12.0 Å². The van der Waals surface area contributed by atoms with Crippen molar-refractivity contribution in [3.63, 3.8) is 0 Å². The van der Waals surface area contributed by atoms with Gasteiger partial charge in [0.25, 0.3) is 0 Å². The number of hydrogen-bond donors (Lipinski definition) is 0. The van der Waals surface area contributed by atoms with Crippen molar-refractivity contribution in [2.45, 2.75) is 92.4 Å². The fourth-order valence-electron chi connectivity index (χ4n) is 4.36. The molecule has 0 radical (unpaired) electrons. The van der Waals surface area contributed by atoms with Crippen molar-refractivity contribution in [2.24, 2.45) is 23.2 Å². The van der Waals surface area contributed by atoms with E-state index < -0.39 is 0 Å². The van der Waals surface area contributed by atoms with Crippen molar-refractivity contribution in [1.82, 2.24) is 0 Å². The zero-order valence-corrected chi connectivity index (χ0v) is 15.6. The van der Waals surface area contributed by atoms with Gasteiger partial charge in [-0.3, -0.25) is 4.79 Å². The average Bonchev–Trinajstić information content (AvgIpc) is 2.49. The third-order valence-corrected chi connectivity index (χ3v) is 5.71. The molecular formula is C20H38O2. The highest BCUT2D eigenvalue weighted by molar-refractivity contribution is 5.77. The van der Waals surface area contributed by atoms with Crippen molar-refractivity contribution >= 4 is 5.97 Å². The maximum Gasteiger partial charge on any atom is 0.312 e. The first-order valence-electron chi connectivity index (χ1n) is 9.64. The minimum Gasteiger partial charge on any atom is -0.465 e. The summed E-state index contributed by atoms with van der Waals surface area (Å²) in [5, 5.41) is 0. The lowest BCUT2D eigenvalue weighted by atomic mass is 9.57. The second kappa shape index (κ2) is 9.57. The highest BCUT2D eigenvalue weighted by atomic mass is 16.5. The van der Waals surface area contributed by atoms with Crippen LogP contribution < -0.4 is 0 Å². The van der Waals surface area contributed by atoms with Crippen LogP contribution in [0.3, 0.4) is 0 Å². The minimum atomic E-state index is -0.240. The van der Waals surface area contributed by atoms with Crippen molar-refractivity contribution in [1.29, 1.82) is 0 Å². The summed E-state index contributed by atoms with van der Waals surface area (Å²) >= 11 is 0. The normalized spacial score (nSPS) is 25.7. The molecule has 0 aliphatic heterocycles. The fourth-order valence-corrected chi connectivity index (χ4v) is 4.36. The lowest BCUT2D eigenvalue weighted by molar-refractivity contribution is -0.169. The number of esters is 1. The van der Waals surface area contributed by atoms with Crippen LogP contribution in [0.1, 0.15) is 92.4 Å². The molecule has 1 aliphatic carbocycles. The molecule has 0 heterocycles. The average molecular weight is 311 g/mol. The predicted molar refractivity (Wildman–Crippen MR) is 93.8 cm³/mol. The molecular weight excluding hydrogens is 272 g/mol. The van der Waals surface area contributed by atoms with Crippen LogP contribution in [0, 0.1) is 23.2 Å². The van der Waals surface area contributed by atoms with E-state index in [4.69, 9.17) is 4.74 Å². The van der Waals surface area contributed by atoms with Crippen LogP contribution in [0.5, 0.6) is 0 Å². The molecule has 0 saturated heterocycles. The van der Waals surface area contributed by atoms with Crippen LogP contribution in [-0.2, 0) is 9.53 Å². The van der Waals surface area contributed by atoms with Gasteiger partial charge >= 0.3 is 5.97 Å². The topological polar surface area (TPSA) is 26.3 Å². The van der Waals surface area contributed by atoms with Gasteiger partial charge in [0.15, 0.2) is 0 Å². The molecule has 2 nitrogen and oxygen atoms in total. The van der Waals surface area contributed by atoms with Crippen molar-refractivity contribution < 1.29 is 9.53 Å². The maximum atomic E-state index is 12.9. The lowest BCUT2D eigenvalue weighted by Gasteiger charge is -2.47. The van der Waals surface area contributed by atoms with E-state index in [1.54, 1.807) is 0 Å². The van der Waals surface area contributed by atoms with Gasteiger partial charge < -0.3 is 4.74 Å². The van der Waals surface area contributed by atoms with E-state index in [1.165, 1.54) is 44.9 Å². The second-order valence-corrected chi connectivity index (χ2v) is 7.84. The molecule has 0 spiro atoms. The third kappa shape index (κ3) is 4.73. The molecule has 2 heteroatoms. The highest BCUT2D eigenvalue weighted by Crippen LogP contribution is 2.50. The Morgan fingerprint density at radius 3 is 2.36 bits per heavy atom. The summed E-state index contributed by atoms with van der Waals surface area (Å²) in [6.45, 7) is 11.8. The predicted octanol–water partition coefficient (Wildman–Crippen LogP) is 5.99. The highest BCUT2D eigenvalue weighted by Gasteiger charge is 2.51. The first-order chi connectivity index (χ1) is 10.5. The van der Waals surface area contributed by atoms with E-state index in [0.29, 0.717) is 24.4 Å². The van der Waals surface area contributed by atoms with Crippen LogP contribution in [0.15, 0.2) is 0 Å². The summed E-state index contributed by atoms with van der Waals surface area (Å²) < 4.78 is 5.77. The van der Waals surface area contributed by atoms with Gasteiger partial charge in [-0.05, 0) is 37.0 Å². The Morgan fingerprint density at radius 2 is 1.77 bits per heavy atom. The molecule has 0 aromatic rings. The third-order valence-electron chi connectivity index (χ3n) is 5.71. The van der Waals surface area contributed by atoms with Gasteiger partial charge in [-0.1, -0.05) is 73.1 Å². The monoisotopic (exact) mass is 310 g/mol. The van der Waals surface area contributed by atoms with E-state index in [2.05, 4.69) is 34.6 Å². The number of hydrogen-bond acceptors (Lipinski definition) is 2. The number of rotatable bonds is 9. The van der Waals surface area contributed by atoms with Gasteiger partial charge in [0.1, 0.15) is 0 Å². The Morgan fingerprint density at radius 1 is 1.09 bits per heavy atom. The molecule has 0 aromatic heterocycles. The van der Waals surface area contributed by atoms with Gasteiger partial charge in [-0.25, -0.2) is 0 Å². The van der Waals surface area contributed by atoms with Gasteiger partial charge in [0, 0.05) is 0 Å². The standard InChI is InChI=1S/C20H38O2/c1-6-7-8-9-12-15-22-19(21)20(17(4)5)14-11-10-13-18(20)16(2)3/h16-18H,6-15H2,1-5H3. The first-order valence-corrected chi connectivity index (χ1v) is 9.64. The summed E-state index contributed by atoms with van der Waals surface area (Å²) in [6.07, 6.45) is 10.7. The summed E-state index contributed by atoms with van der Waals surface area (Å²) in [5.41, 5.74) is -0.240. The van der Waals surface area contributed by atoms with Crippen molar-refractivity contribution in [2.75, 3.05) is 6.61 Å². The van der Waals surface area contributed by atoms with E-state index in [-0.39, 0.29) is 11.4 Å². The molecule has 0 N–H and O–H groups in total. The van der Waals surface area contributed by atoms with Crippen LogP contribution in [0.4, 0.5) is 0 Å². The Bertz CT molecular complexity index is 322. The van der Waals surface area contributed by atoms with Crippen LogP contribution in [-0.4, -0.2) is 12.6 Å². The Hall–Kier alpha value is -0.530. The van der Waals surface area contributed by atoms with Gasteiger partial charge in [-0.15, -0.1) is 0 Å². The lowest BCUT2D eigenvalue weighted by Crippen LogP contribution is -2.48. The van der Waals surface area contributed by atoms with Gasteiger partial charge in [0.2, 0.25) is 0 Å². The molecule has 0 aromatic carbocycles. The molecule has 0 bridgehead atoms. The van der Waals surface area contributed by atoms with E-state index in [9.17, 15) is 4.79 Å². The Balaban J connectivity index is 2.62. The van der Waals surface area contributed by atoms with E-state index in [1.807, 2.05) is 0 Å². The van der Waals surface area contributed by atoms with Crippen LogP contribution in [0.2, 0.25) is 0 Å². The Kier molecular flexibility index (Phi) is 8.49. The summed E-state index contributed by atoms with van der Waals surface area (Å²) in [5.74, 6) is 1.50. The molecule has 1 saturated carbocycles. The quantitative estimate of drug-likeness (QED) is 0.386. The van der Waals surface area contributed by atoms with E-state index in [0.717, 1.165) is 12.8 Å². The zero-order valence-electron chi connectivity index (χ0n) is 15.6. The molecule has 1 fully saturated rings. The minimum absolute atomic E-state index is 0.0939. The molecule has 22 heavy (non-hydrogen) atoms. The number of ether oxygens (including phenoxy) is 1. The maximum absolute atomic E-state index is 12.9. The summed E-state index contributed by atoms with van der Waals surface area (Å²) in [6, 6.07) is 0. The Labute approximate surface area is 138 Å². The number of carbonyl (C=O) groups is 1. The molecule has 130 valence electrons. The molecule has 1 aliphatic rings. The van der Waals surface area contributed by atoms with Crippen molar-refractivity contribution in [3.8, 4) is 0 Å². The van der Waals surface area contributed by atoms with Crippen LogP contribution in [0.25, 0.3) is 0 Å². The smallest absolute Gasteiger partial charge is 0.312 e.